The Morgan fingerprint density at radius 2 is 1.92 bits per heavy atom. The SMILES string of the molecule is Cc1ccc2c(c1)C(CN)N(Cc1ccccc1OC(C)(C)C)C2. The van der Waals surface area contributed by atoms with Crippen molar-refractivity contribution < 1.29 is 4.74 Å². The van der Waals surface area contributed by atoms with Crippen molar-refractivity contribution in [2.75, 3.05) is 6.54 Å². The summed E-state index contributed by atoms with van der Waals surface area (Å²) in [5.41, 5.74) is 11.2. The number of hydrogen-bond donors (Lipinski definition) is 1. The second-order valence-electron chi connectivity index (χ2n) is 7.68. The number of nitrogens with zero attached hydrogens (tertiary/aromatic N) is 1. The first-order valence-corrected chi connectivity index (χ1v) is 8.68. The zero-order valence-corrected chi connectivity index (χ0v) is 15.2. The third-order valence-corrected chi connectivity index (χ3v) is 4.46. The molecule has 0 aromatic heterocycles. The minimum Gasteiger partial charge on any atom is -0.488 e. The van der Waals surface area contributed by atoms with Crippen LogP contribution in [0.5, 0.6) is 5.75 Å². The second-order valence-corrected chi connectivity index (χ2v) is 7.68. The highest BCUT2D eigenvalue weighted by Crippen LogP contribution is 2.36. The number of fused-ring (bicyclic) bond motifs is 1. The molecule has 1 aliphatic heterocycles. The molecule has 0 saturated heterocycles. The summed E-state index contributed by atoms with van der Waals surface area (Å²) in [4.78, 5) is 2.45. The van der Waals surface area contributed by atoms with Gasteiger partial charge in [0.15, 0.2) is 0 Å². The lowest BCUT2D eigenvalue weighted by Gasteiger charge is -2.27. The predicted molar refractivity (Wildman–Crippen MR) is 99.0 cm³/mol. The maximum atomic E-state index is 6.15. The average Bonchev–Trinajstić information content (AvgIpc) is 2.84. The molecule has 3 rings (SSSR count). The summed E-state index contributed by atoms with van der Waals surface area (Å²) in [7, 11) is 0. The van der Waals surface area contributed by atoms with E-state index >= 15 is 0 Å². The van der Waals surface area contributed by atoms with Gasteiger partial charge in [-0.15, -0.1) is 0 Å². The molecule has 0 radical (unpaired) electrons. The van der Waals surface area contributed by atoms with Crippen LogP contribution in [0.15, 0.2) is 42.5 Å². The molecule has 3 nitrogen and oxygen atoms in total. The Bertz CT molecular complexity index is 718. The minimum atomic E-state index is -0.200. The lowest BCUT2D eigenvalue weighted by molar-refractivity contribution is 0.125. The van der Waals surface area contributed by atoms with Gasteiger partial charge in [-0.05, 0) is 44.9 Å². The molecule has 0 amide bonds. The van der Waals surface area contributed by atoms with Crippen molar-refractivity contribution in [2.24, 2.45) is 5.73 Å². The summed E-state index contributed by atoms with van der Waals surface area (Å²) in [5, 5.41) is 0. The number of nitrogens with two attached hydrogens (primary N) is 1. The van der Waals surface area contributed by atoms with Crippen molar-refractivity contribution in [3.05, 3.63) is 64.7 Å². The molecular formula is C21H28N2O. The van der Waals surface area contributed by atoms with Crippen molar-refractivity contribution in [3.8, 4) is 5.75 Å². The Hall–Kier alpha value is -1.84. The summed E-state index contributed by atoms with van der Waals surface area (Å²) in [6.07, 6.45) is 0. The van der Waals surface area contributed by atoms with E-state index in [1.165, 1.54) is 22.3 Å². The van der Waals surface area contributed by atoms with Gasteiger partial charge in [-0.3, -0.25) is 4.90 Å². The lowest BCUT2D eigenvalue weighted by Crippen LogP contribution is -2.29. The fourth-order valence-corrected chi connectivity index (χ4v) is 3.42. The fourth-order valence-electron chi connectivity index (χ4n) is 3.42. The van der Waals surface area contributed by atoms with Gasteiger partial charge in [0.25, 0.3) is 0 Å². The second kappa shape index (κ2) is 6.58. The van der Waals surface area contributed by atoms with Crippen molar-refractivity contribution in [3.63, 3.8) is 0 Å². The van der Waals surface area contributed by atoms with E-state index in [0.29, 0.717) is 6.54 Å². The maximum Gasteiger partial charge on any atom is 0.124 e. The molecule has 0 spiro atoms. The Labute approximate surface area is 145 Å². The first-order valence-electron chi connectivity index (χ1n) is 8.68. The van der Waals surface area contributed by atoms with Gasteiger partial charge in [-0.1, -0.05) is 42.0 Å². The predicted octanol–water partition coefficient (Wildman–Crippen LogP) is 4.19. The van der Waals surface area contributed by atoms with Crippen LogP contribution in [0.4, 0.5) is 0 Å². The zero-order valence-electron chi connectivity index (χ0n) is 15.2. The molecular weight excluding hydrogens is 296 g/mol. The molecule has 0 bridgehead atoms. The van der Waals surface area contributed by atoms with Crippen LogP contribution in [0.3, 0.4) is 0 Å². The van der Waals surface area contributed by atoms with Crippen LogP contribution >= 0.6 is 0 Å². The molecule has 0 saturated carbocycles. The summed E-state index contributed by atoms with van der Waals surface area (Å²) < 4.78 is 6.15. The van der Waals surface area contributed by atoms with Gasteiger partial charge in [0.05, 0.1) is 0 Å². The molecule has 2 aromatic rings. The first-order chi connectivity index (χ1) is 11.4. The van der Waals surface area contributed by atoms with Crippen LogP contribution in [0, 0.1) is 6.92 Å². The Kier molecular flexibility index (Phi) is 4.66. The van der Waals surface area contributed by atoms with Crippen molar-refractivity contribution in [1.29, 1.82) is 0 Å². The molecule has 2 aromatic carbocycles. The summed E-state index contributed by atoms with van der Waals surface area (Å²) in [5.74, 6) is 0.966. The Balaban J connectivity index is 1.85. The normalized spacial score (nSPS) is 17.8. The monoisotopic (exact) mass is 324 g/mol. The van der Waals surface area contributed by atoms with Crippen LogP contribution < -0.4 is 10.5 Å². The van der Waals surface area contributed by atoms with E-state index < -0.39 is 0 Å². The number of rotatable bonds is 4. The molecule has 1 aliphatic rings. The van der Waals surface area contributed by atoms with Gasteiger partial charge >= 0.3 is 0 Å². The van der Waals surface area contributed by atoms with Crippen molar-refractivity contribution in [2.45, 2.75) is 52.4 Å². The number of ether oxygens (including phenoxy) is 1. The maximum absolute atomic E-state index is 6.15. The highest BCUT2D eigenvalue weighted by atomic mass is 16.5. The van der Waals surface area contributed by atoms with Gasteiger partial charge in [0.2, 0.25) is 0 Å². The van der Waals surface area contributed by atoms with E-state index in [1.54, 1.807) is 0 Å². The molecule has 0 aliphatic carbocycles. The van der Waals surface area contributed by atoms with E-state index in [-0.39, 0.29) is 11.6 Å². The first kappa shape index (κ1) is 17.0. The number of aryl methyl sites for hydroxylation is 1. The van der Waals surface area contributed by atoms with Gasteiger partial charge in [0, 0.05) is 31.2 Å². The average molecular weight is 324 g/mol. The van der Waals surface area contributed by atoms with Crippen molar-refractivity contribution >= 4 is 0 Å². The lowest BCUT2D eigenvalue weighted by atomic mass is 10.0. The van der Waals surface area contributed by atoms with E-state index in [9.17, 15) is 0 Å². The molecule has 3 heteroatoms. The molecule has 2 N–H and O–H groups in total. The Morgan fingerprint density at radius 1 is 1.17 bits per heavy atom. The third-order valence-electron chi connectivity index (χ3n) is 4.46. The number of para-hydroxylation sites is 1. The molecule has 0 fully saturated rings. The van der Waals surface area contributed by atoms with Gasteiger partial charge < -0.3 is 10.5 Å². The van der Waals surface area contributed by atoms with Gasteiger partial charge in [-0.2, -0.15) is 0 Å². The van der Waals surface area contributed by atoms with E-state index in [0.717, 1.165) is 18.8 Å². The van der Waals surface area contributed by atoms with Gasteiger partial charge in [-0.25, -0.2) is 0 Å². The summed E-state index contributed by atoms with van der Waals surface area (Å²) >= 11 is 0. The zero-order chi connectivity index (χ0) is 17.3. The highest BCUT2D eigenvalue weighted by molar-refractivity contribution is 5.39. The fraction of sp³-hybridized carbons (Fsp3) is 0.429. The molecule has 1 unspecified atom stereocenters. The standard InChI is InChI=1S/C21H28N2O/c1-15-9-10-16-13-23(19(12-22)18(16)11-15)14-17-7-5-6-8-20(17)24-21(2,3)4/h5-11,19H,12-14,22H2,1-4H3. The van der Waals surface area contributed by atoms with Crippen LogP contribution in [0.25, 0.3) is 0 Å². The van der Waals surface area contributed by atoms with Crippen LogP contribution in [-0.2, 0) is 13.1 Å². The van der Waals surface area contributed by atoms with Crippen LogP contribution in [0.1, 0.15) is 49.1 Å². The molecule has 1 heterocycles. The number of hydrogen-bond acceptors (Lipinski definition) is 3. The highest BCUT2D eigenvalue weighted by Gasteiger charge is 2.29. The molecule has 128 valence electrons. The van der Waals surface area contributed by atoms with E-state index in [2.05, 4.69) is 69.0 Å². The smallest absolute Gasteiger partial charge is 0.124 e. The summed E-state index contributed by atoms with van der Waals surface area (Å²) in [6.45, 7) is 10.8. The van der Waals surface area contributed by atoms with E-state index in [1.807, 2.05) is 6.07 Å². The molecule has 24 heavy (non-hydrogen) atoms. The Morgan fingerprint density at radius 3 is 2.62 bits per heavy atom. The number of benzene rings is 2. The molecule has 1 atom stereocenters. The summed E-state index contributed by atoms with van der Waals surface area (Å²) in [6, 6.07) is 15.3. The third kappa shape index (κ3) is 3.63. The minimum absolute atomic E-state index is 0.200. The van der Waals surface area contributed by atoms with Gasteiger partial charge in [0.1, 0.15) is 11.4 Å². The van der Waals surface area contributed by atoms with Crippen LogP contribution in [-0.4, -0.2) is 17.0 Å². The van der Waals surface area contributed by atoms with Crippen LogP contribution in [0.2, 0.25) is 0 Å². The topological polar surface area (TPSA) is 38.5 Å². The van der Waals surface area contributed by atoms with E-state index in [4.69, 9.17) is 10.5 Å². The van der Waals surface area contributed by atoms with Crippen molar-refractivity contribution in [1.82, 2.24) is 4.90 Å². The largest absolute Gasteiger partial charge is 0.488 e. The quantitative estimate of drug-likeness (QED) is 0.916.